The molecule has 0 saturated carbocycles. The summed E-state index contributed by atoms with van der Waals surface area (Å²) >= 11 is 0. The highest BCUT2D eigenvalue weighted by Crippen LogP contribution is 2.12. The van der Waals surface area contributed by atoms with E-state index in [0.29, 0.717) is 0 Å². The van der Waals surface area contributed by atoms with Gasteiger partial charge in [-0.3, -0.25) is 0 Å². The Kier molecular flexibility index (Phi) is 2.69. The van der Waals surface area contributed by atoms with Crippen molar-refractivity contribution in [3.8, 4) is 0 Å². The quantitative estimate of drug-likeness (QED) is 0.587. The van der Waals surface area contributed by atoms with Crippen molar-refractivity contribution in [2.75, 3.05) is 0 Å². The van der Waals surface area contributed by atoms with Crippen LogP contribution in [0.4, 0.5) is 4.39 Å². The lowest BCUT2D eigenvalue weighted by Crippen LogP contribution is -2.40. The predicted octanol–water partition coefficient (Wildman–Crippen LogP) is 2.47. The van der Waals surface area contributed by atoms with E-state index in [0.717, 1.165) is 12.1 Å². The Morgan fingerprint density at radius 1 is 1.31 bits per heavy atom. The molecule has 0 saturated heterocycles. The van der Waals surface area contributed by atoms with Gasteiger partial charge in [0.15, 0.2) is 18.6 Å². The van der Waals surface area contributed by atoms with Gasteiger partial charge >= 0.3 is 0 Å². The van der Waals surface area contributed by atoms with Crippen molar-refractivity contribution in [1.29, 1.82) is 0 Å². The van der Waals surface area contributed by atoms with Crippen LogP contribution in [0.2, 0.25) is 0 Å². The highest BCUT2D eigenvalue weighted by Gasteiger charge is 2.17. The summed E-state index contributed by atoms with van der Waals surface area (Å²) in [6.45, 7) is 9.16. The Balaban J connectivity index is 2.90. The van der Waals surface area contributed by atoms with Gasteiger partial charge in [0.05, 0.1) is 0 Å². The first kappa shape index (κ1) is 10.2. The second kappa shape index (κ2) is 3.44. The van der Waals surface area contributed by atoms with E-state index in [1.807, 2.05) is 17.7 Å². The summed E-state index contributed by atoms with van der Waals surface area (Å²) in [6, 6.07) is 1.54. The summed E-state index contributed by atoms with van der Waals surface area (Å²) in [7, 11) is 0. The molecule has 0 N–H and O–H groups in total. The molecular formula is C11H17FN+. The van der Waals surface area contributed by atoms with Crippen LogP contribution in [-0.4, -0.2) is 0 Å². The molecule has 13 heavy (non-hydrogen) atoms. The maximum absolute atomic E-state index is 13.0. The lowest BCUT2D eigenvalue weighted by atomic mass is 9.97. The molecule has 2 heteroatoms. The minimum absolute atomic E-state index is 0.163. The molecule has 0 aliphatic heterocycles. The zero-order valence-electron chi connectivity index (χ0n) is 8.76. The first-order valence-corrected chi connectivity index (χ1v) is 4.53. The topological polar surface area (TPSA) is 3.88 Å². The van der Waals surface area contributed by atoms with Crippen LogP contribution in [0.25, 0.3) is 0 Å². The van der Waals surface area contributed by atoms with Crippen LogP contribution in [0.1, 0.15) is 26.3 Å². The van der Waals surface area contributed by atoms with Crippen molar-refractivity contribution in [1.82, 2.24) is 0 Å². The van der Waals surface area contributed by atoms with E-state index in [9.17, 15) is 4.39 Å². The van der Waals surface area contributed by atoms with Gasteiger partial charge in [-0.25, -0.2) is 8.96 Å². The van der Waals surface area contributed by atoms with E-state index in [4.69, 9.17) is 0 Å². The van der Waals surface area contributed by atoms with Gasteiger partial charge in [0, 0.05) is 11.0 Å². The molecule has 72 valence electrons. The van der Waals surface area contributed by atoms with Crippen molar-refractivity contribution in [3.05, 3.63) is 29.8 Å². The summed E-state index contributed by atoms with van der Waals surface area (Å²) in [5, 5.41) is 0. The molecule has 0 aliphatic rings. The van der Waals surface area contributed by atoms with Gasteiger partial charge in [0.2, 0.25) is 6.20 Å². The minimum Gasteiger partial charge on any atom is -0.202 e. The summed E-state index contributed by atoms with van der Waals surface area (Å²) in [5.41, 5.74) is 1.15. The van der Waals surface area contributed by atoms with Gasteiger partial charge in [0.1, 0.15) is 0 Å². The van der Waals surface area contributed by atoms with Crippen molar-refractivity contribution in [2.45, 2.75) is 34.2 Å². The summed E-state index contributed by atoms with van der Waals surface area (Å²) in [4.78, 5) is 0. The zero-order chi connectivity index (χ0) is 10.1. The first-order valence-electron chi connectivity index (χ1n) is 4.53. The fourth-order valence-electron chi connectivity index (χ4n) is 1.39. The van der Waals surface area contributed by atoms with E-state index in [1.165, 1.54) is 6.20 Å². The smallest absolute Gasteiger partial charge is 0.202 e. The van der Waals surface area contributed by atoms with Gasteiger partial charge in [0.25, 0.3) is 0 Å². The average molecular weight is 182 g/mol. The molecule has 0 aliphatic carbocycles. The molecular weight excluding hydrogens is 165 g/mol. The van der Waals surface area contributed by atoms with E-state index in [2.05, 4.69) is 20.8 Å². The Morgan fingerprint density at radius 3 is 2.38 bits per heavy atom. The Hall–Kier alpha value is -0.920. The second-order valence-corrected chi connectivity index (χ2v) is 4.76. The highest BCUT2D eigenvalue weighted by atomic mass is 19.1. The maximum atomic E-state index is 13.0. The van der Waals surface area contributed by atoms with Crippen LogP contribution in [0, 0.1) is 18.2 Å². The van der Waals surface area contributed by atoms with Gasteiger partial charge in [-0.1, -0.05) is 20.8 Å². The van der Waals surface area contributed by atoms with Gasteiger partial charge in [-0.05, 0) is 13.0 Å². The van der Waals surface area contributed by atoms with Crippen molar-refractivity contribution >= 4 is 0 Å². The fourth-order valence-corrected chi connectivity index (χ4v) is 1.39. The van der Waals surface area contributed by atoms with E-state index in [-0.39, 0.29) is 11.2 Å². The zero-order valence-corrected chi connectivity index (χ0v) is 8.76. The monoisotopic (exact) mass is 182 g/mol. The number of hydrogen-bond donors (Lipinski definition) is 0. The third kappa shape index (κ3) is 3.53. The van der Waals surface area contributed by atoms with Crippen LogP contribution in [0.15, 0.2) is 18.5 Å². The largest absolute Gasteiger partial charge is 0.204 e. The number of pyridine rings is 1. The SMILES string of the molecule is Cc1cc(F)c[n+](CC(C)(C)C)c1. The van der Waals surface area contributed by atoms with Gasteiger partial charge in [-0.2, -0.15) is 0 Å². The molecule has 0 atom stereocenters. The average Bonchev–Trinajstić information content (AvgIpc) is 1.78. The minimum atomic E-state index is -0.163. The molecule has 1 aromatic rings. The maximum Gasteiger partial charge on any atom is 0.204 e. The molecule has 1 rings (SSSR count). The van der Waals surface area contributed by atoms with E-state index >= 15 is 0 Å². The number of halogens is 1. The van der Waals surface area contributed by atoms with Crippen LogP contribution in [0.3, 0.4) is 0 Å². The molecule has 0 unspecified atom stereocenters. The number of aromatic nitrogens is 1. The van der Waals surface area contributed by atoms with Crippen LogP contribution < -0.4 is 4.57 Å². The molecule has 0 radical (unpaired) electrons. The summed E-state index contributed by atoms with van der Waals surface area (Å²) in [6.07, 6.45) is 3.51. The Labute approximate surface area is 79.2 Å². The summed E-state index contributed by atoms with van der Waals surface area (Å²) < 4.78 is 14.9. The summed E-state index contributed by atoms with van der Waals surface area (Å²) in [5.74, 6) is -0.163. The van der Waals surface area contributed by atoms with E-state index < -0.39 is 0 Å². The normalized spacial score (nSPS) is 11.8. The van der Waals surface area contributed by atoms with Crippen molar-refractivity contribution < 1.29 is 8.96 Å². The van der Waals surface area contributed by atoms with Crippen LogP contribution in [0.5, 0.6) is 0 Å². The van der Waals surface area contributed by atoms with E-state index in [1.54, 1.807) is 6.07 Å². The number of nitrogens with zero attached hydrogens (tertiary/aromatic N) is 1. The van der Waals surface area contributed by atoms with Gasteiger partial charge in [-0.15, -0.1) is 0 Å². The molecule has 0 fully saturated rings. The van der Waals surface area contributed by atoms with Crippen molar-refractivity contribution in [2.24, 2.45) is 5.41 Å². The molecule has 0 amide bonds. The molecule has 0 spiro atoms. The van der Waals surface area contributed by atoms with Gasteiger partial charge < -0.3 is 0 Å². The Morgan fingerprint density at radius 2 is 1.92 bits per heavy atom. The third-order valence-electron chi connectivity index (χ3n) is 1.68. The number of hydrogen-bond acceptors (Lipinski definition) is 0. The Bertz CT molecular complexity index is 279. The molecule has 1 aromatic heterocycles. The highest BCUT2D eigenvalue weighted by molar-refractivity contribution is 5.03. The van der Waals surface area contributed by atoms with Crippen molar-refractivity contribution in [3.63, 3.8) is 0 Å². The van der Waals surface area contributed by atoms with Crippen LogP contribution >= 0.6 is 0 Å². The molecule has 0 aromatic carbocycles. The predicted molar refractivity (Wildman–Crippen MR) is 50.8 cm³/mol. The molecule has 1 heterocycles. The lowest BCUT2D eigenvalue weighted by Gasteiger charge is -2.13. The van der Waals surface area contributed by atoms with Crippen LogP contribution in [-0.2, 0) is 6.54 Å². The fraction of sp³-hybridized carbons (Fsp3) is 0.545. The number of rotatable bonds is 1. The third-order valence-corrected chi connectivity index (χ3v) is 1.68. The molecule has 1 nitrogen and oxygen atoms in total. The standard InChI is InChI=1S/C11H17FN/c1-9-5-10(12)7-13(6-9)8-11(2,3)4/h5-7H,8H2,1-4H3/q+1. The second-order valence-electron chi connectivity index (χ2n) is 4.76. The number of aryl methyl sites for hydroxylation is 1. The lowest BCUT2D eigenvalue weighted by molar-refractivity contribution is -0.709. The molecule has 0 bridgehead atoms. The first-order chi connectivity index (χ1) is 5.87.